The van der Waals surface area contributed by atoms with E-state index >= 15 is 0 Å². The minimum atomic E-state index is -5.08. The quantitative estimate of drug-likeness (QED) is 0.672. The Balaban J connectivity index is 0.000000451. The van der Waals surface area contributed by atoms with Crippen LogP contribution in [0.3, 0.4) is 0 Å². The molecule has 1 spiro atoms. The highest BCUT2D eigenvalue weighted by atomic mass is 32.2. The van der Waals surface area contributed by atoms with Crippen LogP contribution in [0.5, 0.6) is 0 Å². The maximum absolute atomic E-state index is 12.8. The topological polar surface area (TPSA) is 95.9 Å². The van der Waals surface area contributed by atoms with Gasteiger partial charge in [0.25, 0.3) is 0 Å². The second-order valence-electron chi connectivity index (χ2n) is 8.58. The molecular formula is C21H31F3N2O5S. The fraction of sp³-hybridized carbons (Fsp3) is 0.667. The van der Waals surface area contributed by atoms with Gasteiger partial charge in [-0.1, -0.05) is 44.9 Å². The van der Waals surface area contributed by atoms with E-state index in [0.717, 1.165) is 45.3 Å². The Morgan fingerprint density at radius 1 is 1.28 bits per heavy atom. The van der Waals surface area contributed by atoms with Crippen LogP contribution in [0.1, 0.15) is 39.5 Å². The summed E-state index contributed by atoms with van der Waals surface area (Å²) in [7, 11) is -3.52. The second-order valence-corrected chi connectivity index (χ2v) is 10.3. The summed E-state index contributed by atoms with van der Waals surface area (Å²) in [6.45, 7) is 7.89. The second kappa shape index (κ2) is 11.0. The van der Waals surface area contributed by atoms with Gasteiger partial charge in [0.2, 0.25) is 10.0 Å². The average molecular weight is 481 g/mol. The van der Waals surface area contributed by atoms with E-state index in [2.05, 4.69) is 23.5 Å². The zero-order valence-electron chi connectivity index (χ0n) is 18.3. The number of carbonyl (C=O) groups is 1. The number of hydrogen-bond donors (Lipinski definition) is 2. The number of morpholine rings is 1. The lowest BCUT2D eigenvalue weighted by Crippen LogP contribution is -2.64. The molecule has 32 heavy (non-hydrogen) atoms. The van der Waals surface area contributed by atoms with E-state index < -0.39 is 27.8 Å². The number of rotatable bonds is 5. The van der Waals surface area contributed by atoms with Crippen molar-refractivity contribution in [3.05, 3.63) is 30.3 Å². The molecule has 3 rings (SSSR count). The number of aliphatic carboxylic acids is 1. The van der Waals surface area contributed by atoms with Gasteiger partial charge in [0.15, 0.2) is 0 Å². The number of halogens is 3. The largest absolute Gasteiger partial charge is 0.490 e. The molecule has 1 saturated carbocycles. The van der Waals surface area contributed by atoms with E-state index in [4.69, 9.17) is 14.6 Å². The molecule has 7 nitrogen and oxygen atoms in total. The molecule has 182 valence electrons. The van der Waals surface area contributed by atoms with Gasteiger partial charge in [-0.05, 0) is 30.9 Å². The van der Waals surface area contributed by atoms with Crippen molar-refractivity contribution in [2.75, 3.05) is 26.2 Å². The van der Waals surface area contributed by atoms with Gasteiger partial charge in [0.05, 0.1) is 23.1 Å². The summed E-state index contributed by atoms with van der Waals surface area (Å²) in [6, 6.07) is 8.46. The standard InChI is InChI=1S/C19H30N2O3S.C2HF3O2/c1-16(2)14-21-12-13-24-19(15-21)11-7-6-10-18(19)20-25(22,23)17-8-4-3-5-9-17;3-2(4,5)1(6)7/h3-5,8-9,16,18,20H,6-7,10-15H2,1-2H3;(H,6,7). The highest BCUT2D eigenvalue weighted by Gasteiger charge is 2.46. The molecule has 1 aromatic rings. The first-order chi connectivity index (χ1) is 14.9. The van der Waals surface area contributed by atoms with Crippen LogP contribution in [-0.2, 0) is 19.6 Å². The van der Waals surface area contributed by atoms with E-state index in [9.17, 15) is 21.6 Å². The minimum Gasteiger partial charge on any atom is -0.475 e. The number of sulfonamides is 1. The summed E-state index contributed by atoms with van der Waals surface area (Å²) in [5, 5.41) is 7.12. The number of carboxylic acids is 1. The highest BCUT2D eigenvalue weighted by molar-refractivity contribution is 7.89. The number of ether oxygens (including phenoxy) is 1. The van der Waals surface area contributed by atoms with Crippen molar-refractivity contribution in [1.29, 1.82) is 0 Å². The molecule has 2 aliphatic rings. The number of nitrogens with zero attached hydrogens (tertiary/aromatic N) is 1. The fourth-order valence-corrected chi connectivity index (χ4v) is 5.51. The molecule has 2 unspecified atom stereocenters. The Kier molecular flexibility index (Phi) is 9.09. The summed E-state index contributed by atoms with van der Waals surface area (Å²) in [5.41, 5.74) is -0.396. The minimum absolute atomic E-state index is 0.165. The fourth-order valence-electron chi connectivity index (χ4n) is 4.15. The number of carboxylic acid groups (broad SMARTS) is 1. The first-order valence-electron chi connectivity index (χ1n) is 10.6. The van der Waals surface area contributed by atoms with Crippen molar-refractivity contribution in [1.82, 2.24) is 9.62 Å². The van der Waals surface area contributed by atoms with Crippen LogP contribution in [0.2, 0.25) is 0 Å². The Hall–Kier alpha value is -1.69. The molecule has 1 saturated heterocycles. The Morgan fingerprint density at radius 3 is 2.47 bits per heavy atom. The maximum atomic E-state index is 12.8. The van der Waals surface area contributed by atoms with Gasteiger partial charge >= 0.3 is 12.1 Å². The van der Waals surface area contributed by atoms with Crippen LogP contribution in [0.25, 0.3) is 0 Å². The Bertz CT molecular complexity index is 845. The molecule has 1 aliphatic carbocycles. The number of hydrogen-bond acceptors (Lipinski definition) is 5. The van der Waals surface area contributed by atoms with Crippen molar-refractivity contribution < 1.29 is 36.2 Å². The monoisotopic (exact) mass is 480 g/mol. The van der Waals surface area contributed by atoms with Crippen molar-refractivity contribution >= 4 is 16.0 Å². The highest BCUT2D eigenvalue weighted by Crippen LogP contribution is 2.36. The predicted octanol–water partition coefficient (Wildman–Crippen LogP) is 3.27. The van der Waals surface area contributed by atoms with Crippen LogP contribution >= 0.6 is 0 Å². The number of nitrogens with one attached hydrogen (secondary N) is 1. The third-order valence-electron chi connectivity index (χ3n) is 5.48. The van der Waals surface area contributed by atoms with Crippen LogP contribution < -0.4 is 4.72 Å². The molecule has 11 heteroatoms. The summed E-state index contributed by atoms with van der Waals surface area (Å²) in [6.07, 6.45) is -1.19. The third-order valence-corrected chi connectivity index (χ3v) is 6.97. The van der Waals surface area contributed by atoms with Crippen LogP contribution in [0, 0.1) is 5.92 Å². The molecule has 0 amide bonds. The smallest absolute Gasteiger partial charge is 0.475 e. The SMILES string of the molecule is CC(C)CN1CCOC2(CCCCC2NS(=O)(=O)c2ccccc2)C1.O=C(O)C(F)(F)F. The van der Waals surface area contributed by atoms with Crippen LogP contribution in [-0.4, -0.2) is 68.5 Å². The maximum Gasteiger partial charge on any atom is 0.490 e. The first-order valence-corrected chi connectivity index (χ1v) is 12.1. The lowest BCUT2D eigenvalue weighted by atomic mass is 9.79. The van der Waals surface area contributed by atoms with Gasteiger partial charge in [-0.3, -0.25) is 4.90 Å². The van der Waals surface area contributed by atoms with Gasteiger partial charge in [0, 0.05) is 19.6 Å². The molecule has 2 fully saturated rings. The Labute approximate surface area is 187 Å². The number of benzene rings is 1. The zero-order valence-corrected chi connectivity index (χ0v) is 19.1. The summed E-state index contributed by atoms with van der Waals surface area (Å²) >= 11 is 0. The summed E-state index contributed by atoms with van der Waals surface area (Å²) < 4.78 is 66.6. The molecule has 0 bridgehead atoms. The summed E-state index contributed by atoms with van der Waals surface area (Å²) in [4.78, 5) is 11.7. The normalized spacial score (nSPS) is 24.8. The molecule has 2 N–H and O–H groups in total. The molecule has 1 heterocycles. The van der Waals surface area contributed by atoms with Gasteiger partial charge in [0.1, 0.15) is 0 Å². The zero-order chi connectivity index (χ0) is 24.0. The van der Waals surface area contributed by atoms with Gasteiger partial charge in [-0.15, -0.1) is 0 Å². The molecule has 1 aliphatic heterocycles. The van der Waals surface area contributed by atoms with Crippen LogP contribution in [0.4, 0.5) is 13.2 Å². The van der Waals surface area contributed by atoms with E-state index in [0.29, 0.717) is 17.4 Å². The molecule has 1 aromatic carbocycles. The molecule has 0 aromatic heterocycles. The number of alkyl halides is 3. The first kappa shape index (κ1) is 26.6. The Morgan fingerprint density at radius 2 is 1.91 bits per heavy atom. The van der Waals surface area contributed by atoms with Crippen molar-refractivity contribution in [2.24, 2.45) is 5.92 Å². The van der Waals surface area contributed by atoms with Crippen molar-refractivity contribution in [3.8, 4) is 0 Å². The van der Waals surface area contributed by atoms with E-state index in [1.807, 2.05) is 6.07 Å². The van der Waals surface area contributed by atoms with E-state index in [-0.39, 0.29) is 6.04 Å². The third kappa shape index (κ3) is 7.43. The predicted molar refractivity (Wildman–Crippen MR) is 113 cm³/mol. The van der Waals surface area contributed by atoms with Gasteiger partial charge in [-0.2, -0.15) is 13.2 Å². The van der Waals surface area contributed by atoms with E-state index in [1.165, 1.54) is 0 Å². The molecule has 2 atom stereocenters. The van der Waals surface area contributed by atoms with Crippen molar-refractivity contribution in [2.45, 2.75) is 62.2 Å². The molecule has 0 radical (unpaired) electrons. The van der Waals surface area contributed by atoms with Gasteiger partial charge in [-0.25, -0.2) is 17.9 Å². The molecular weight excluding hydrogens is 449 g/mol. The van der Waals surface area contributed by atoms with E-state index in [1.54, 1.807) is 24.3 Å². The lowest BCUT2D eigenvalue weighted by molar-refractivity contribution is -0.192. The summed E-state index contributed by atoms with van der Waals surface area (Å²) in [5.74, 6) is -2.16. The average Bonchev–Trinajstić information content (AvgIpc) is 2.70. The van der Waals surface area contributed by atoms with Crippen LogP contribution in [0.15, 0.2) is 35.2 Å². The van der Waals surface area contributed by atoms with Gasteiger partial charge < -0.3 is 9.84 Å². The van der Waals surface area contributed by atoms with Crippen molar-refractivity contribution in [3.63, 3.8) is 0 Å². The lowest BCUT2D eigenvalue weighted by Gasteiger charge is -2.49.